The lowest BCUT2D eigenvalue weighted by Crippen LogP contribution is -2.60. The first kappa shape index (κ1) is 28.8. The van der Waals surface area contributed by atoms with E-state index in [2.05, 4.69) is 16.0 Å². The van der Waals surface area contributed by atoms with E-state index >= 15 is 0 Å². The zero-order valence-electron chi connectivity index (χ0n) is 19.4. The second-order valence-electron chi connectivity index (χ2n) is 8.48. The molecule has 0 saturated carbocycles. The Hall–Kier alpha value is -3.22. The molecule has 0 bridgehead atoms. The molecule has 5 unspecified atom stereocenters. The van der Waals surface area contributed by atoms with Gasteiger partial charge in [-0.25, -0.2) is 4.79 Å². The molecule has 12 heteroatoms. The van der Waals surface area contributed by atoms with Crippen molar-refractivity contribution in [1.29, 1.82) is 0 Å². The van der Waals surface area contributed by atoms with Crippen LogP contribution in [0.2, 0.25) is 0 Å². The summed E-state index contributed by atoms with van der Waals surface area (Å²) < 4.78 is 0. The topological polar surface area (TPSA) is 211 Å². The summed E-state index contributed by atoms with van der Waals surface area (Å²) in [4.78, 5) is 49.4. The number of nitrogens with one attached hydrogen (secondary N) is 3. The number of aliphatic hydroxyl groups is 2. The number of phenolic OH excluding ortho intramolecular Hbond substituents is 1. The Morgan fingerprint density at radius 3 is 1.94 bits per heavy atom. The summed E-state index contributed by atoms with van der Waals surface area (Å²) in [5, 5.41) is 45.1. The molecule has 5 atom stereocenters. The molecule has 9 N–H and O–H groups in total. The lowest BCUT2D eigenvalue weighted by Gasteiger charge is -2.27. The summed E-state index contributed by atoms with van der Waals surface area (Å²) in [7, 11) is 0. The average molecular weight is 483 g/mol. The van der Waals surface area contributed by atoms with Gasteiger partial charge in [0.05, 0.1) is 12.7 Å². The number of nitrogens with two attached hydrogens (primary N) is 1. The van der Waals surface area contributed by atoms with Gasteiger partial charge in [0.15, 0.2) is 0 Å². The Bertz CT molecular complexity index is 844. The van der Waals surface area contributed by atoms with E-state index in [1.807, 2.05) is 0 Å². The van der Waals surface area contributed by atoms with Crippen molar-refractivity contribution in [2.24, 2.45) is 11.7 Å². The Morgan fingerprint density at radius 1 is 0.912 bits per heavy atom. The molecule has 0 aromatic heterocycles. The Morgan fingerprint density at radius 2 is 1.47 bits per heavy atom. The molecule has 1 rings (SSSR count). The van der Waals surface area contributed by atoms with Gasteiger partial charge in [-0.2, -0.15) is 0 Å². The molecule has 190 valence electrons. The minimum atomic E-state index is -1.51. The smallest absolute Gasteiger partial charge is 0.326 e. The third kappa shape index (κ3) is 9.33. The lowest BCUT2D eigenvalue weighted by molar-refractivity contribution is -0.143. The second kappa shape index (κ2) is 13.5. The van der Waals surface area contributed by atoms with Crippen LogP contribution < -0.4 is 21.7 Å². The van der Waals surface area contributed by atoms with E-state index in [9.17, 15) is 34.5 Å². The number of carbonyl (C=O) groups is 4. The van der Waals surface area contributed by atoms with Crippen LogP contribution in [0.15, 0.2) is 24.3 Å². The van der Waals surface area contributed by atoms with Crippen LogP contribution in [0.25, 0.3) is 0 Å². The maximum Gasteiger partial charge on any atom is 0.326 e. The molecule has 0 aliphatic carbocycles. The maximum absolute atomic E-state index is 13.0. The van der Waals surface area contributed by atoms with Crippen LogP contribution in [-0.2, 0) is 25.6 Å². The van der Waals surface area contributed by atoms with Gasteiger partial charge in [-0.15, -0.1) is 0 Å². The van der Waals surface area contributed by atoms with Gasteiger partial charge in [0.25, 0.3) is 0 Å². The molecule has 0 spiro atoms. The molecule has 0 aliphatic rings. The molecule has 0 aliphatic heterocycles. The van der Waals surface area contributed by atoms with Crippen LogP contribution in [0.5, 0.6) is 5.75 Å². The fourth-order valence-corrected chi connectivity index (χ4v) is 3.05. The van der Waals surface area contributed by atoms with Gasteiger partial charge in [0.2, 0.25) is 17.7 Å². The third-order valence-electron chi connectivity index (χ3n) is 4.93. The van der Waals surface area contributed by atoms with Crippen LogP contribution in [0.3, 0.4) is 0 Å². The van der Waals surface area contributed by atoms with Crippen molar-refractivity contribution in [3.05, 3.63) is 29.8 Å². The number of aliphatic carboxylic acids is 1. The summed E-state index contributed by atoms with van der Waals surface area (Å²) >= 11 is 0. The van der Waals surface area contributed by atoms with E-state index in [4.69, 9.17) is 10.8 Å². The van der Waals surface area contributed by atoms with Gasteiger partial charge in [0, 0.05) is 6.42 Å². The highest BCUT2D eigenvalue weighted by Crippen LogP contribution is 2.12. The van der Waals surface area contributed by atoms with E-state index in [0.717, 1.165) is 0 Å². The second-order valence-corrected chi connectivity index (χ2v) is 8.48. The van der Waals surface area contributed by atoms with Crippen LogP contribution in [0.4, 0.5) is 0 Å². The van der Waals surface area contributed by atoms with E-state index in [1.54, 1.807) is 13.8 Å². The van der Waals surface area contributed by atoms with Crippen molar-refractivity contribution in [1.82, 2.24) is 16.0 Å². The summed E-state index contributed by atoms with van der Waals surface area (Å²) in [5.74, 6) is -3.87. The number of carboxylic acid groups (broad SMARTS) is 1. The maximum atomic E-state index is 13.0. The number of aromatic hydroxyl groups is 1. The molecule has 1 aromatic rings. The number of hydrogen-bond donors (Lipinski definition) is 8. The fraction of sp³-hybridized carbons (Fsp3) is 0.545. The third-order valence-corrected chi connectivity index (χ3v) is 4.93. The number of benzene rings is 1. The molecule has 0 radical (unpaired) electrons. The first-order chi connectivity index (χ1) is 15.8. The van der Waals surface area contributed by atoms with Gasteiger partial charge in [-0.05, 0) is 37.0 Å². The fourth-order valence-electron chi connectivity index (χ4n) is 3.05. The summed E-state index contributed by atoms with van der Waals surface area (Å²) in [6.45, 7) is 4.15. The molecule has 12 nitrogen and oxygen atoms in total. The zero-order valence-corrected chi connectivity index (χ0v) is 19.4. The number of hydrogen-bond acceptors (Lipinski definition) is 8. The van der Waals surface area contributed by atoms with E-state index in [0.29, 0.717) is 5.56 Å². The minimum Gasteiger partial charge on any atom is -0.508 e. The van der Waals surface area contributed by atoms with Gasteiger partial charge < -0.3 is 42.1 Å². The number of rotatable bonds is 13. The van der Waals surface area contributed by atoms with Crippen molar-refractivity contribution in [2.45, 2.75) is 63.9 Å². The molecule has 34 heavy (non-hydrogen) atoms. The van der Waals surface area contributed by atoms with E-state index in [-0.39, 0.29) is 24.5 Å². The summed E-state index contributed by atoms with van der Waals surface area (Å²) in [5.41, 5.74) is 6.06. The SMILES string of the molecule is CC(C)CC(NC(=O)C(NC(=O)C(Cc1ccc(O)cc1)NC(=O)C(N)CO)C(C)O)C(=O)O. The largest absolute Gasteiger partial charge is 0.508 e. The first-order valence-electron chi connectivity index (χ1n) is 10.8. The number of carboxylic acids is 1. The van der Waals surface area contributed by atoms with Crippen molar-refractivity contribution in [3.63, 3.8) is 0 Å². The van der Waals surface area contributed by atoms with E-state index < -0.39 is 60.6 Å². The monoisotopic (exact) mass is 482 g/mol. The predicted octanol–water partition coefficient (Wildman–Crippen LogP) is -1.78. The highest BCUT2D eigenvalue weighted by atomic mass is 16.4. The summed E-state index contributed by atoms with van der Waals surface area (Å²) in [6.07, 6.45) is -1.31. The molecule has 0 fully saturated rings. The number of phenols is 1. The van der Waals surface area contributed by atoms with Crippen molar-refractivity contribution in [3.8, 4) is 5.75 Å². The van der Waals surface area contributed by atoms with Gasteiger partial charge in [-0.3, -0.25) is 14.4 Å². The summed E-state index contributed by atoms with van der Waals surface area (Å²) in [6, 6.07) is 0.545. The first-order valence-corrected chi connectivity index (χ1v) is 10.8. The van der Waals surface area contributed by atoms with Crippen LogP contribution >= 0.6 is 0 Å². The highest BCUT2D eigenvalue weighted by Gasteiger charge is 2.33. The van der Waals surface area contributed by atoms with Crippen molar-refractivity contribution >= 4 is 23.7 Å². The lowest BCUT2D eigenvalue weighted by atomic mass is 10.0. The number of aliphatic hydroxyl groups excluding tert-OH is 2. The van der Waals surface area contributed by atoms with Gasteiger partial charge >= 0.3 is 5.97 Å². The van der Waals surface area contributed by atoms with Crippen LogP contribution in [0.1, 0.15) is 32.8 Å². The molecule has 0 saturated heterocycles. The van der Waals surface area contributed by atoms with E-state index in [1.165, 1.54) is 31.2 Å². The number of amides is 3. The Labute approximate surface area is 197 Å². The standard InChI is InChI=1S/C22H34N4O8/c1-11(2)8-17(22(33)34)25-21(32)18(12(3)28)26-20(31)16(24-19(30)15(23)10-27)9-13-4-6-14(29)7-5-13/h4-7,11-12,15-18,27-29H,8-10,23H2,1-3H3,(H,24,30)(H,25,32)(H,26,31)(H,33,34). The van der Waals surface area contributed by atoms with Crippen molar-refractivity contribution < 1.29 is 39.6 Å². The molecule has 0 heterocycles. The molecular weight excluding hydrogens is 448 g/mol. The minimum absolute atomic E-state index is 0.00341. The average Bonchev–Trinajstić information content (AvgIpc) is 2.76. The van der Waals surface area contributed by atoms with Crippen LogP contribution in [0, 0.1) is 5.92 Å². The molecule has 1 aromatic carbocycles. The van der Waals surface area contributed by atoms with Crippen LogP contribution in [-0.4, -0.2) is 81.0 Å². The highest BCUT2D eigenvalue weighted by molar-refractivity contribution is 5.94. The normalized spacial score (nSPS) is 15.5. The Kier molecular flexibility index (Phi) is 11.4. The van der Waals surface area contributed by atoms with Gasteiger partial charge in [0.1, 0.15) is 29.9 Å². The van der Waals surface area contributed by atoms with Gasteiger partial charge in [-0.1, -0.05) is 26.0 Å². The number of carbonyl (C=O) groups excluding carboxylic acids is 3. The molecule has 3 amide bonds. The van der Waals surface area contributed by atoms with Crippen molar-refractivity contribution in [2.75, 3.05) is 6.61 Å². The zero-order chi connectivity index (χ0) is 26.0. The predicted molar refractivity (Wildman–Crippen MR) is 121 cm³/mol. The quantitative estimate of drug-likeness (QED) is 0.159. The Balaban J connectivity index is 3.07. The molecular formula is C22H34N4O8.